The number of para-hydroxylation sites is 1. The summed E-state index contributed by atoms with van der Waals surface area (Å²) in [7, 11) is 1.65. The van der Waals surface area contributed by atoms with E-state index >= 15 is 0 Å². The van der Waals surface area contributed by atoms with Crippen LogP contribution in [-0.2, 0) is 17.6 Å². The maximum atomic E-state index is 12.6. The monoisotopic (exact) mass is 400 g/mol. The minimum atomic E-state index is -0.222. The van der Waals surface area contributed by atoms with Crippen LogP contribution in [0.3, 0.4) is 0 Å². The lowest BCUT2D eigenvalue weighted by molar-refractivity contribution is -0.116. The van der Waals surface area contributed by atoms with E-state index in [0.717, 1.165) is 17.3 Å². The number of aryl methyl sites for hydroxylation is 2. The first-order valence-corrected chi connectivity index (χ1v) is 9.25. The van der Waals surface area contributed by atoms with Crippen molar-refractivity contribution in [3.8, 4) is 0 Å². The molecular formula is C20H21BrN2O2. The topological polar surface area (TPSA) is 49.4 Å². The summed E-state index contributed by atoms with van der Waals surface area (Å²) in [6, 6.07) is 13.3. The fraction of sp³-hybridized carbons (Fsp3) is 0.300. The van der Waals surface area contributed by atoms with Crippen molar-refractivity contribution >= 4 is 33.4 Å². The predicted octanol–water partition coefficient (Wildman–Crippen LogP) is 4.04. The Balaban J connectivity index is 1.64. The molecule has 4 nitrogen and oxygen atoms in total. The molecule has 0 aliphatic heterocycles. The second-order valence-electron chi connectivity index (χ2n) is 6.38. The molecule has 5 heteroatoms. The lowest BCUT2D eigenvalue weighted by Crippen LogP contribution is -2.35. The number of likely N-dealkylation sites (N-methyl/N-ethyl adjacent to an activating group) is 1. The average Bonchev–Trinajstić information content (AvgIpc) is 2.62. The van der Waals surface area contributed by atoms with Gasteiger partial charge < -0.3 is 10.2 Å². The molecular weight excluding hydrogens is 380 g/mol. The Bertz CT molecular complexity index is 804. The Morgan fingerprint density at radius 2 is 1.80 bits per heavy atom. The third-order valence-corrected chi connectivity index (χ3v) is 5.16. The number of rotatable bonds is 4. The Kier molecular flexibility index (Phi) is 5.53. The van der Waals surface area contributed by atoms with E-state index in [1.54, 1.807) is 7.05 Å². The summed E-state index contributed by atoms with van der Waals surface area (Å²) in [5.74, 6) is -0.351. The molecule has 3 rings (SSSR count). The predicted molar refractivity (Wildman–Crippen MR) is 103 cm³/mol. The van der Waals surface area contributed by atoms with E-state index in [9.17, 15) is 9.59 Å². The second kappa shape index (κ2) is 7.83. The number of anilines is 1. The van der Waals surface area contributed by atoms with E-state index < -0.39 is 0 Å². The van der Waals surface area contributed by atoms with Gasteiger partial charge in [-0.05, 0) is 77.0 Å². The molecule has 2 aromatic rings. The van der Waals surface area contributed by atoms with Crippen molar-refractivity contribution in [3.63, 3.8) is 0 Å². The Morgan fingerprint density at radius 3 is 2.56 bits per heavy atom. The zero-order valence-electron chi connectivity index (χ0n) is 14.2. The number of halogens is 1. The molecule has 2 amide bonds. The zero-order chi connectivity index (χ0) is 17.8. The molecule has 0 bridgehead atoms. The van der Waals surface area contributed by atoms with Gasteiger partial charge in [-0.25, -0.2) is 0 Å². The number of carbonyl (C=O) groups is 2. The molecule has 0 unspecified atom stereocenters. The van der Waals surface area contributed by atoms with Crippen LogP contribution in [0, 0.1) is 0 Å². The van der Waals surface area contributed by atoms with Crippen LogP contribution in [0.1, 0.15) is 34.3 Å². The minimum Gasteiger partial charge on any atom is -0.332 e. The fourth-order valence-electron chi connectivity index (χ4n) is 3.13. The number of benzene rings is 2. The van der Waals surface area contributed by atoms with Gasteiger partial charge >= 0.3 is 0 Å². The van der Waals surface area contributed by atoms with Gasteiger partial charge in [0.1, 0.15) is 0 Å². The quantitative estimate of drug-likeness (QED) is 0.841. The molecule has 0 aromatic heterocycles. The summed E-state index contributed by atoms with van der Waals surface area (Å²) in [6.45, 7) is 0.0112. The van der Waals surface area contributed by atoms with Gasteiger partial charge in [-0.1, -0.05) is 18.2 Å². The number of hydrogen-bond acceptors (Lipinski definition) is 2. The van der Waals surface area contributed by atoms with E-state index in [1.807, 2.05) is 36.4 Å². The highest BCUT2D eigenvalue weighted by Crippen LogP contribution is 2.23. The summed E-state index contributed by atoms with van der Waals surface area (Å²) in [4.78, 5) is 26.3. The highest BCUT2D eigenvalue weighted by molar-refractivity contribution is 9.10. The number of nitrogens with zero attached hydrogens (tertiary/aromatic N) is 1. The van der Waals surface area contributed by atoms with E-state index in [0.29, 0.717) is 11.3 Å². The number of amides is 2. The van der Waals surface area contributed by atoms with Crippen molar-refractivity contribution < 1.29 is 9.59 Å². The van der Waals surface area contributed by atoms with Crippen molar-refractivity contribution in [1.29, 1.82) is 0 Å². The fourth-order valence-corrected chi connectivity index (χ4v) is 3.51. The second-order valence-corrected chi connectivity index (χ2v) is 7.23. The molecule has 0 spiro atoms. The molecule has 25 heavy (non-hydrogen) atoms. The summed E-state index contributed by atoms with van der Waals surface area (Å²) in [5, 5.41) is 2.82. The first-order valence-electron chi connectivity index (χ1n) is 8.46. The number of carbonyl (C=O) groups excluding carboxylic acids is 2. The molecule has 1 aliphatic carbocycles. The number of hydrogen-bond donors (Lipinski definition) is 1. The highest BCUT2D eigenvalue weighted by Gasteiger charge is 2.18. The molecule has 0 radical (unpaired) electrons. The van der Waals surface area contributed by atoms with E-state index in [1.165, 1.54) is 28.9 Å². The average molecular weight is 401 g/mol. The SMILES string of the molecule is CN(CC(=O)Nc1ccccc1Br)C(=O)c1ccc2c(c1)CCCC2. The summed E-state index contributed by atoms with van der Waals surface area (Å²) in [5.41, 5.74) is 3.96. The van der Waals surface area contributed by atoms with E-state index in [2.05, 4.69) is 27.3 Å². The summed E-state index contributed by atoms with van der Waals surface area (Å²) in [6.07, 6.45) is 4.51. The van der Waals surface area contributed by atoms with Crippen molar-refractivity contribution in [2.75, 3.05) is 18.9 Å². The third kappa shape index (κ3) is 4.28. The van der Waals surface area contributed by atoms with Crippen LogP contribution < -0.4 is 5.32 Å². The van der Waals surface area contributed by atoms with Gasteiger partial charge in [0.2, 0.25) is 5.91 Å². The van der Waals surface area contributed by atoms with E-state index in [4.69, 9.17) is 0 Å². The Hall–Kier alpha value is -2.14. The molecule has 0 fully saturated rings. The maximum Gasteiger partial charge on any atom is 0.254 e. The van der Waals surface area contributed by atoms with Crippen LogP contribution in [0.25, 0.3) is 0 Å². The van der Waals surface area contributed by atoms with Gasteiger partial charge in [0.15, 0.2) is 0 Å². The van der Waals surface area contributed by atoms with Gasteiger partial charge in [0.05, 0.1) is 12.2 Å². The lowest BCUT2D eigenvalue weighted by Gasteiger charge is -2.20. The molecule has 0 atom stereocenters. The molecule has 1 aliphatic rings. The Morgan fingerprint density at radius 1 is 1.08 bits per heavy atom. The number of nitrogens with one attached hydrogen (secondary N) is 1. The summed E-state index contributed by atoms with van der Waals surface area (Å²) >= 11 is 3.40. The van der Waals surface area contributed by atoms with Crippen LogP contribution >= 0.6 is 15.9 Å². The standard InChI is InChI=1S/C20H21BrN2O2/c1-23(13-19(24)22-18-9-5-4-8-17(18)21)20(25)16-11-10-14-6-2-3-7-15(14)12-16/h4-5,8-12H,2-3,6-7,13H2,1H3,(H,22,24). The van der Waals surface area contributed by atoms with Crippen molar-refractivity contribution in [3.05, 3.63) is 63.6 Å². The van der Waals surface area contributed by atoms with Crippen LogP contribution in [0.5, 0.6) is 0 Å². The first-order chi connectivity index (χ1) is 12.0. The van der Waals surface area contributed by atoms with Gasteiger partial charge in [-0.2, -0.15) is 0 Å². The molecule has 0 heterocycles. The van der Waals surface area contributed by atoms with Crippen molar-refractivity contribution in [1.82, 2.24) is 4.90 Å². The summed E-state index contributed by atoms with van der Waals surface area (Å²) < 4.78 is 0.812. The molecule has 0 saturated carbocycles. The van der Waals surface area contributed by atoms with Crippen molar-refractivity contribution in [2.24, 2.45) is 0 Å². The van der Waals surface area contributed by atoms with Crippen LogP contribution in [-0.4, -0.2) is 30.3 Å². The Labute approximate surface area is 156 Å². The van der Waals surface area contributed by atoms with Gasteiger partial charge in [-0.3, -0.25) is 9.59 Å². The lowest BCUT2D eigenvalue weighted by atomic mass is 9.90. The molecule has 1 N–H and O–H groups in total. The molecule has 0 saturated heterocycles. The smallest absolute Gasteiger partial charge is 0.254 e. The van der Waals surface area contributed by atoms with Crippen LogP contribution in [0.2, 0.25) is 0 Å². The number of fused-ring (bicyclic) bond motifs is 1. The normalized spacial score (nSPS) is 13.0. The van der Waals surface area contributed by atoms with Crippen LogP contribution in [0.15, 0.2) is 46.9 Å². The highest BCUT2D eigenvalue weighted by atomic mass is 79.9. The van der Waals surface area contributed by atoms with Gasteiger partial charge in [0.25, 0.3) is 5.91 Å². The largest absolute Gasteiger partial charge is 0.332 e. The van der Waals surface area contributed by atoms with Gasteiger partial charge in [-0.15, -0.1) is 0 Å². The molecule has 2 aromatic carbocycles. The van der Waals surface area contributed by atoms with E-state index in [-0.39, 0.29) is 18.4 Å². The van der Waals surface area contributed by atoms with Crippen LogP contribution in [0.4, 0.5) is 5.69 Å². The van der Waals surface area contributed by atoms with Crippen molar-refractivity contribution in [2.45, 2.75) is 25.7 Å². The van der Waals surface area contributed by atoms with Gasteiger partial charge in [0, 0.05) is 17.1 Å². The zero-order valence-corrected chi connectivity index (χ0v) is 15.8. The minimum absolute atomic E-state index is 0.0112. The molecule has 130 valence electrons. The maximum absolute atomic E-state index is 12.6. The third-order valence-electron chi connectivity index (χ3n) is 4.47. The first kappa shape index (κ1) is 17.7.